The SMILES string of the molecule is NOC(F)(F)C(=O)C(F)(F)F. The van der Waals surface area contributed by atoms with Gasteiger partial charge in [-0.15, -0.1) is 0 Å². The van der Waals surface area contributed by atoms with Crippen molar-refractivity contribution in [1.82, 2.24) is 0 Å². The van der Waals surface area contributed by atoms with Crippen LogP contribution in [0.25, 0.3) is 0 Å². The molecule has 0 aromatic carbocycles. The molecule has 0 spiro atoms. The second-order valence-electron chi connectivity index (χ2n) is 1.46. The number of hydrogen-bond donors (Lipinski definition) is 1. The molecule has 8 heteroatoms. The second kappa shape index (κ2) is 2.70. The largest absolute Gasteiger partial charge is 0.459 e. The predicted octanol–water partition coefficient (Wildman–Crippen LogP) is 0.601. The first-order valence-electron chi connectivity index (χ1n) is 2.09. The highest BCUT2D eigenvalue weighted by Gasteiger charge is 2.56. The smallest absolute Gasteiger partial charge is 0.279 e. The Bertz CT molecular complexity index is 164. The van der Waals surface area contributed by atoms with Gasteiger partial charge >= 0.3 is 18.1 Å². The van der Waals surface area contributed by atoms with Crippen molar-refractivity contribution < 1.29 is 31.6 Å². The summed E-state index contributed by atoms with van der Waals surface area (Å²) in [7, 11) is 0. The first-order chi connectivity index (χ1) is 4.72. The Morgan fingerprint density at radius 3 is 1.64 bits per heavy atom. The molecular weight excluding hydrogens is 177 g/mol. The van der Waals surface area contributed by atoms with E-state index in [1.54, 1.807) is 0 Å². The minimum atomic E-state index is -5.65. The van der Waals surface area contributed by atoms with Gasteiger partial charge in [-0.25, -0.2) is 10.7 Å². The molecule has 66 valence electrons. The van der Waals surface area contributed by atoms with Crippen LogP contribution in [0, 0.1) is 0 Å². The lowest BCUT2D eigenvalue weighted by Crippen LogP contribution is -2.43. The zero-order valence-electron chi connectivity index (χ0n) is 4.78. The standard InChI is InChI=1S/C3H2F5NO2/c4-2(5,6)1(10)3(7,8)11-9/h9H2. The van der Waals surface area contributed by atoms with E-state index in [0.717, 1.165) is 0 Å². The fraction of sp³-hybridized carbons (Fsp3) is 0.667. The van der Waals surface area contributed by atoms with Gasteiger partial charge in [0.25, 0.3) is 0 Å². The van der Waals surface area contributed by atoms with Gasteiger partial charge in [0.2, 0.25) is 0 Å². The van der Waals surface area contributed by atoms with E-state index in [0.29, 0.717) is 0 Å². The molecule has 0 unspecified atom stereocenters. The van der Waals surface area contributed by atoms with Crippen molar-refractivity contribution in [1.29, 1.82) is 0 Å². The van der Waals surface area contributed by atoms with Gasteiger partial charge in [-0.3, -0.25) is 4.79 Å². The van der Waals surface area contributed by atoms with Crippen LogP contribution in [0.2, 0.25) is 0 Å². The number of carbonyl (C=O) groups is 1. The molecule has 0 radical (unpaired) electrons. The van der Waals surface area contributed by atoms with Gasteiger partial charge in [-0.2, -0.15) is 22.0 Å². The van der Waals surface area contributed by atoms with Gasteiger partial charge in [-0.05, 0) is 0 Å². The lowest BCUT2D eigenvalue weighted by Gasteiger charge is -2.12. The van der Waals surface area contributed by atoms with Gasteiger partial charge in [0.05, 0.1) is 0 Å². The van der Waals surface area contributed by atoms with Crippen LogP contribution in [-0.2, 0) is 9.63 Å². The molecule has 0 saturated carbocycles. The van der Waals surface area contributed by atoms with Crippen LogP contribution < -0.4 is 5.90 Å². The molecule has 0 aliphatic rings. The van der Waals surface area contributed by atoms with E-state index >= 15 is 0 Å². The summed E-state index contributed by atoms with van der Waals surface area (Å²) in [6.45, 7) is 0. The Morgan fingerprint density at radius 2 is 1.55 bits per heavy atom. The van der Waals surface area contributed by atoms with Crippen molar-refractivity contribution in [2.45, 2.75) is 12.3 Å². The molecule has 3 nitrogen and oxygen atoms in total. The summed E-state index contributed by atoms with van der Waals surface area (Å²) >= 11 is 0. The molecule has 0 saturated heterocycles. The third kappa shape index (κ3) is 2.39. The van der Waals surface area contributed by atoms with Crippen molar-refractivity contribution in [3.63, 3.8) is 0 Å². The van der Waals surface area contributed by atoms with Crippen molar-refractivity contribution in [2.75, 3.05) is 0 Å². The molecule has 0 fully saturated rings. The van der Waals surface area contributed by atoms with E-state index in [-0.39, 0.29) is 0 Å². The van der Waals surface area contributed by atoms with E-state index < -0.39 is 18.1 Å². The Morgan fingerprint density at radius 1 is 1.18 bits per heavy atom. The van der Waals surface area contributed by atoms with Crippen LogP contribution in [0.4, 0.5) is 22.0 Å². The molecule has 11 heavy (non-hydrogen) atoms. The van der Waals surface area contributed by atoms with E-state index in [9.17, 15) is 26.7 Å². The average molecular weight is 179 g/mol. The van der Waals surface area contributed by atoms with Crippen LogP contribution in [0.5, 0.6) is 0 Å². The molecule has 0 aromatic rings. The monoisotopic (exact) mass is 179 g/mol. The van der Waals surface area contributed by atoms with Gasteiger partial charge in [0.1, 0.15) is 0 Å². The minimum absolute atomic E-state index is 2.52. The fourth-order valence-electron chi connectivity index (χ4n) is 0.219. The number of carbonyl (C=O) groups excluding carboxylic acids is 1. The van der Waals surface area contributed by atoms with Crippen LogP contribution in [0.1, 0.15) is 0 Å². The highest BCUT2D eigenvalue weighted by molar-refractivity contribution is 5.89. The summed E-state index contributed by atoms with van der Waals surface area (Å²) in [4.78, 5) is 12.2. The van der Waals surface area contributed by atoms with Crippen molar-refractivity contribution in [3.05, 3.63) is 0 Å². The topological polar surface area (TPSA) is 52.3 Å². The summed E-state index contributed by atoms with van der Waals surface area (Å²) < 4.78 is 56.8. The molecule has 0 rings (SSSR count). The zero-order chi connectivity index (χ0) is 9.28. The third-order valence-corrected chi connectivity index (χ3v) is 0.670. The first kappa shape index (κ1) is 10.2. The molecule has 0 heterocycles. The van der Waals surface area contributed by atoms with Gasteiger partial charge in [0.15, 0.2) is 0 Å². The average Bonchev–Trinajstić information content (AvgIpc) is 1.84. The Balaban J connectivity index is 4.50. The maximum atomic E-state index is 11.6. The zero-order valence-corrected chi connectivity index (χ0v) is 4.78. The van der Waals surface area contributed by atoms with Crippen LogP contribution in [0.15, 0.2) is 0 Å². The number of hydrogen-bond acceptors (Lipinski definition) is 3. The predicted molar refractivity (Wildman–Crippen MR) is 21.3 cm³/mol. The van der Waals surface area contributed by atoms with E-state index in [2.05, 4.69) is 10.7 Å². The number of Topliss-reactive ketones (excluding diaryl/α,β-unsaturated/α-hetero) is 1. The molecule has 0 atom stereocenters. The first-order valence-corrected chi connectivity index (χ1v) is 2.09. The van der Waals surface area contributed by atoms with Crippen LogP contribution in [0.3, 0.4) is 0 Å². The van der Waals surface area contributed by atoms with Crippen LogP contribution >= 0.6 is 0 Å². The van der Waals surface area contributed by atoms with Crippen LogP contribution in [-0.4, -0.2) is 18.1 Å². The molecule has 0 aliphatic heterocycles. The molecule has 0 aromatic heterocycles. The highest BCUT2D eigenvalue weighted by Crippen LogP contribution is 2.27. The quantitative estimate of drug-likeness (QED) is 0.498. The lowest BCUT2D eigenvalue weighted by atomic mass is 10.4. The van der Waals surface area contributed by atoms with Crippen molar-refractivity contribution >= 4 is 5.78 Å². The highest BCUT2D eigenvalue weighted by atomic mass is 19.4. The normalized spacial score (nSPS) is 13.3. The summed E-state index contributed by atoms with van der Waals surface area (Å²) in [5.74, 6) is 0.407. The molecule has 0 bridgehead atoms. The van der Waals surface area contributed by atoms with Gasteiger partial charge < -0.3 is 0 Å². The Labute approximate surface area is 56.9 Å². The molecule has 0 aliphatic carbocycles. The Kier molecular flexibility index (Phi) is 2.51. The fourth-order valence-corrected chi connectivity index (χ4v) is 0.219. The van der Waals surface area contributed by atoms with Gasteiger partial charge in [0, 0.05) is 0 Å². The lowest BCUT2D eigenvalue weighted by molar-refractivity contribution is -0.260. The summed E-state index contributed by atoms with van der Waals surface area (Å²) in [5.41, 5.74) is 0. The van der Waals surface area contributed by atoms with E-state index in [4.69, 9.17) is 0 Å². The van der Waals surface area contributed by atoms with Gasteiger partial charge in [-0.1, -0.05) is 0 Å². The van der Waals surface area contributed by atoms with Crippen molar-refractivity contribution in [3.8, 4) is 0 Å². The maximum absolute atomic E-state index is 11.6. The van der Waals surface area contributed by atoms with E-state index in [1.807, 2.05) is 0 Å². The minimum Gasteiger partial charge on any atom is -0.279 e. The van der Waals surface area contributed by atoms with Crippen molar-refractivity contribution in [2.24, 2.45) is 5.90 Å². The summed E-state index contributed by atoms with van der Waals surface area (Å²) in [5, 5.41) is 0. The Hall–Kier alpha value is -0.760. The summed E-state index contributed by atoms with van der Waals surface area (Å²) in [6.07, 6.45) is -10.7. The number of halogens is 5. The number of rotatable bonds is 2. The van der Waals surface area contributed by atoms with E-state index in [1.165, 1.54) is 0 Å². The summed E-state index contributed by atoms with van der Waals surface area (Å²) in [6, 6.07) is 0. The number of ketones is 1. The third-order valence-electron chi connectivity index (χ3n) is 0.670. The molecule has 2 N–H and O–H groups in total. The number of nitrogens with two attached hydrogens (primary N) is 1. The number of alkyl halides is 5. The molecule has 0 amide bonds. The maximum Gasteiger partial charge on any atom is 0.459 e. The molecular formula is C3H2F5NO2. The second-order valence-corrected chi connectivity index (χ2v) is 1.46.